The van der Waals surface area contributed by atoms with Crippen molar-refractivity contribution in [3.8, 4) is 0 Å². The first-order chi connectivity index (χ1) is 13.3. The molecule has 1 aromatic carbocycles. The molecule has 0 aliphatic carbocycles. The van der Waals surface area contributed by atoms with E-state index in [0.717, 1.165) is 22.2 Å². The van der Waals surface area contributed by atoms with Gasteiger partial charge in [0, 0.05) is 48.4 Å². The average Bonchev–Trinajstić information content (AvgIpc) is 3.19. The molecule has 1 aromatic heterocycles. The number of hydrogen-bond donors (Lipinski definition) is 3. The van der Waals surface area contributed by atoms with Gasteiger partial charge in [0.1, 0.15) is 0 Å². The van der Waals surface area contributed by atoms with Gasteiger partial charge in [-0.3, -0.25) is 14.4 Å². The second-order valence-electron chi connectivity index (χ2n) is 7.75. The van der Waals surface area contributed by atoms with Gasteiger partial charge in [0.15, 0.2) is 0 Å². The Morgan fingerprint density at radius 3 is 2.57 bits per heavy atom. The van der Waals surface area contributed by atoms with Crippen LogP contribution < -0.4 is 5.32 Å². The molecule has 2 aromatic rings. The number of hydrogen-bond acceptors (Lipinski definition) is 3. The fourth-order valence-electron chi connectivity index (χ4n) is 3.98. The fraction of sp³-hybridized carbons (Fsp3) is 0.476. The number of aliphatic carboxylic acids is 1. The van der Waals surface area contributed by atoms with Crippen LogP contribution in [0.4, 0.5) is 0 Å². The summed E-state index contributed by atoms with van der Waals surface area (Å²) in [5.41, 5.74) is 2.61. The van der Waals surface area contributed by atoms with Gasteiger partial charge in [-0.05, 0) is 37.8 Å². The summed E-state index contributed by atoms with van der Waals surface area (Å²) in [7, 11) is 1.77. The van der Waals surface area contributed by atoms with Crippen LogP contribution in [-0.4, -0.2) is 45.4 Å². The Labute approximate surface area is 164 Å². The molecule has 7 nitrogen and oxygen atoms in total. The number of carboxylic acids is 1. The predicted molar refractivity (Wildman–Crippen MR) is 106 cm³/mol. The van der Waals surface area contributed by atoms with Crippen molar-refractivity contribution in [1.29, 1.82) is 0 Å². The maximum atomic E-state index is 12.7. The third-order valence-electron chi connectivity index (χ3n) is 5.76. The van der Waals surface area contributed by atoms with Crippen molar-refractivity contribution < 1.29 is 19.5 Å². The third kappa shape index (κ3) is 4.35. The Kier molecular flexibility index (Phi) is 5.72. The molecule has 0 spiro atoms. The highest BCUT2D eigenvalue weighted by atomic mass is 16.4. The lowest BCUT2D eigenvalue weighted by molar-refractivity contribution is -0.137. The number of carboxylic acid groups (broad SMARTS) is 1. The van der Waals surface area contributed by atoms with Gasteiger partial charge in [-0.25, -0.2) is 0 Å². The Balaban J connectivity index is 1.62. The summed E-state index contributed by atoms with van der Waals surface area (Å²) in [5.74, 6) is -0.980. The molecule has 3 N–H and O–H groups in total. The molecule has 1 fully saturated rings. The quantitative estimate of drug-likeness (QED) is 0.650. The van der Waals surface area contributed by atoms with E-state index in [4.69, 9.17) is 5.11 Å². The zero-order valence-corrected chi connectivity index (χ0v) is 16.4. The largest absolute Gasteiger partial charge is 0.481 e. The lowest BCUT2D eigenvalue weighted by Gasteiger charge is -2.29. The number of nitrogens with one attached hydrogen (secondary N) is 2. The van der Waals surface area contributed by atoms with Crippen LogP contribution in [-0.2, 0) is 20.9 Å². The molecular formula is C21H27N3O4. The molecule has 3 rings (SSSR count). The Bertz CT molecular complexity index is 904. The van der Waals surface area contributed by atoms with Crippen molar-refractivity contribution in [3.05, 3.63) is 35.5 Å². The van der Waals surface area contributed by atoms with Crippen LogP contribution >= 0.6 is 0 Å². The number of rotatable bonds is 8. The van der Waals surface area contributed by atoms with Gasteiger partial charge in [0.05, 0.1) is 6.54 Å². The molecule has 150 valence electrons. The lowest BCUT2D eigenvalue weighted by Crippen LogP contribution is -2.43. The van der Waals surface area contributed by atoms with E-state index in [9.17, 15) is 14.4 Å². The summed E-state index contributed by atoms with van der Waals surface area (Å²) < 4.78 is 0. The number of aromatic nitrogens is 1. The molecule has 2 heterocycles. The number of aryl methyl sites for hydroxylation is 1. The van der Waals surface area contributed by atoms with Crippen LogP contribution in [0.5, 0.6) is 0 Å². The average molecular weight is 385 g/mol. The van der Waals surface area contributed by atoms with Gasteiger partial charge in [0.25, 0.3) is 0 Å². The third-order valence-corrected chi connectivity index (χ3v) is 5.76. The van der Waals surface area contributed by atoms with E-state index in [1.54, 1.807) is 11.9 Å². The number of carbonyl (C=O) groups excluding carboxylic acids is 2. The summed E-state index contributed by atoms with van der Waals surface area (Å²) in [6.07, 6.45) is 2.04. The highest BCUT2D eigenvalue weighted by Crippen LogP contribution is 2.30. The monoisotopic (exact) mass is 385 g/mol. The maximum absolute atomic E-state index is 12.7. The van der Waals surface area contributed by atoms with E-state index >= 15 is 0 Å². The Morgan fingerprint density at radius 1 is 1.21 bits per heavy atom. The molecule has 1 aliphatic rings. The van der Waals surface area contributed by atoms with Crippen molar-refractivity contribution in [3.63, 3.8) is 0 Å². The van der Waals surface area contributed by atoms with Crippen LogP contribution in [0.1, 0.15) is 49.8 Å². The van der Waals surface area contributed by atoms with Crippen LogP contribution in [0.25, 0.3) is 10.9 Å². The summed E-state index contributed by atoms with van der Waals surface area (Å²) in [6, 6.07) is 8.04. The van der Waals surface area contributed by atoms with Crippen LogP contribution in [0.3, 0.4) is 0 Å². The predicted octanol–water partition coefficient (Wildman–Crippen LogP) is 2.73. The molecule has 2 amide bonds. The first-order valence-corrected chi connectivity index (χ1v) is 9.63. The number of aromatic amines is 1. The Morgan fingerprint density at radius 2 is 1.93 bits per heavy atom. The number of benzene rings is 1. The topological polar surface area (TPSA) is 102 Å². The number of para-hydroxylation sites is 1. The fourth-order valence-corrected chi connectivity index (χ4v) is 3.98. The number of amides is 2. The van der Waals surface area contributed by atoms with Crippen molar-refractivity contribution in [2.75, 3.05) is 7.05 Å². The van der Waals surface area contributed by atoms with Gasteiger partial charge in [-0.15, -0.1) is 0 Å². The SMILES string of the molecule is Cc1c(CN(C)C(=O)CC[C@]2(CCC(=O)O)CCC(=O)N2)[nH]c2ccccc12. The summed E-state index contributed by atoms with van der Waals surface area (Å²) in [4.78, 5) is 40.4. The molecule has 1 saturated heterocycles. The van der Waals surface area contributed by atoms with E-state index in [2.05, 4.69) is 16.4 Å². The zero-order valence-electron chi connectivity index (χ0n) is 16.4. The summed E-state index contributed by atoms with van der Waals surface area (Å²) in [5, 5.41) is 13.0. The summed E-state index contributed by atoms with van der Waals surface area (Å²) >= 11 is 0. The standard InChI is InChI=1S/C21H27N3O4/c1-14-15-5-3-4-6-16(15)22-17(14)13-24(2)19(26)8-11-21(12-9-20(27)28)10-7-18(25)23-21/h3-6,22H,7-13H2,1-2H3,(H,23,25)(H,27,28)/t21-/m0/s1. The van der Waals surface area contributed by atoms with E-state index in [1.165, 1.54) is 0 Å². The van der Waals surface area contributed by atoms with Crippen molar-refractivity contribution >= 4 is 28.7 Å². The number of nitrogens with zero attached hydrogens (tertiary/aromatic N) is 1. The van der Waals surface area contributed by atoms with Gasteiger partial charge in [-0.2, -0.15) is 0 Å². The maximum Gasteiger partial charge on any atom is 0.303 e. The smallest absolute Gasteiger partial charge is 0.303 e. The number of H-pyrrole nitrogens is 1. The molecule has 0 bridgehead atoms. The zero-order chi connectivity index (χ0) is 20.3. The van der Waals surface area contributed by atoms with Crippen LogP contribution in [0.15, 0.2) is 24.3 Å². The molecule has 1 atom stereocenters. The minimum absolute atomic E-state index is 0.0153. The normalized spacial score (nSPS) is 19.0. The first-order valence-electron chi connectivity index (χ1n) is 9.63. The van der Waals surface area contributed by atoms with E-state index in [0.29, 0.717) is 32.2 Å². The second-order valence-corrected chi connectivity index (χ2v) is 7.75. The molecule has 0 unspecified atom stereocenters. The van der Waals surface area contributed by atoms with Gasteiger partial charge in [-0.1, -0.05) is 18.2 Å². The van der Waals surface area contributed by atoms with E-state index in [-0.39, 0.29) is 24.7 Å². The van der Waals surface area contributed by atoms with E-state index < -0.39 is 11.5 Å². The van der Waals surface area contributed by atoms with Gasteiger partial charge in [0.2, 0.25) is 11.8 Å². The lowest BCUT2D eigenvalue weighted by atomic mass is 9.86. The minimum Gasteiger partial charge on any atom is -0.481 e. The minimum atomic E-state index is -0.891. The van der Waals surface area contributed by atoms with Crippen molar-refractivity contribution in [2.45, 2.75) is 57.5 Å². The molecule has 7 heteroatoms. The molecule has 0 radical (unpaired) electrons. The molecule has 0 saturated carbocycles. The molecule has 1 aliphatic heterocycles. The summed E-state index contributed by atoms with van der Waals surface area (Å²) in [6.45, 7) is 2.52. The highest BCUT2D eigenvalue weighted by Gasteiger charge is 2.38. The second kappa shape index (κ2) is 8.04. The molecule has 28 heavy (non-hydrogen) atoms. The van der Waals surface area contributed by atoms with Crippen LogP contribution in [0.2, 0.25) is 0 Å². The van der Waals surface area contributed by atoms with Gasteiger partial charge >= 0.3 is 5.97 Å². The first kappa shape index (κ1) is 19.9. The van der Waals surface area contributed by atoms with Crippen molar-refractivity contribution in [1.82, 2.24) is 15.2 Å². The Hall–Kier alpha value is -2.83. The van der Waals surface area contributed by atoms with E-state index in [1.807, 2.05) is 25.1 Å². The van der Waals surface area contributed by atoms with Crippen molar-refractivity contribution in [2.24, 2.45) is 0 Å². The molecular weight excluding hydrogens is 358 g/mol. The van der Waals surface area contributed by atoms with Crippen LogP contribution in [0, 0.1) is 6.92 Å². The number of carbonyl (C=O) groups is 3. The number of fused-ring (bicyclic) bond motifs is 1. The van der Waals surface area contributed by atoms with Gasteiger partial charge < -0.3 is 20.3 Å². The highest BCUT2D eigenvalue weighted by molar-refractivity contribution is 5.84.